The molecule has 1 atom stereocenters. The van der Waals surface area contributed by atoms with E-state index in [4.69, 9.17) is 22.8 Å². The summed E-state index contributed by atoms with van der Waals surface area (Å²) >= 11 is 9.32. The van der Waals surface area contributed by atoms with Gasteiger partial charge < -0.3 is 4.74 Å². The van der Waals surface area contributed by atoms with E-state index in [1.165, 1.54) is 0 Å². The first kappa shape index (κ1) is 15.0. The second-order valence-corrected chi connectivity index (χ2v) is 4.73. The number of carbonyl (C=O) groups is 1. The first-order chi connectivity index (χ1) is 8.60. The highest BCUT2D eigenvalue weighted by Crippen LogP contribution is 2.27. The molecule has 0 aromatic heterocycles. The molecule has 0 saturated carbocycles. The molecule has 0 aliphatic heterocycles. The first-order valence-corrected chi connectivity index (χ1v) is 6.55. The van der Waals surface area contributed by atoms with Crippen LogP contribution in [0.4, 0.5) is 0 Å². The minimum Gasteiger partial charge on any atom is -0.465 e. The second kappa shape index (κ2) is 7.42. The maximum Gasteiger partial charge on any atom is 0.327 e. The fourth-order valence-corrected chi connectivity index (χ4v) is 2.10. The van der Waals surface area contributed by atoms with Crippen LogP contribution in [0, 0.1) is 12.3 Å². The van der Waals surface area contributed by atoms with Gasteiger partial charge in [0.1, 0.15) is 6.04 Å². The van der Waals surface area contributed by atoms with Gasteiger partial charge >= 0.3 is 5.97 Å². The summed E-state index contributed by atoms with van der Waals surface area (Å²) in [5.74, 6) is 2.05. The van der Waals surface area contributed by atoms with Gasteiger partial charge in [-0.2, -0.15) is 0 Å². The van der Waals surface area contributed by atoms with E-state index < -0.39 is 6.04 Å². The third-order valence-electron chi connectivity index (χ3n) is 2.20. The van der Waals surface area contributed by atoms with Crippen LogP contribution in [0.15, 0.2) is 22.7 Å². The Bertz CT molecular complexity index is 471. The third-order valence-corrected chi connectivity index (χ3v) is 3.16. The van der Waals surface area contributed by atoms with Crippen LogP contribution >= 0.6 is 27.5 Å². The average Bonchev–Trinajstić information content (AvgIpc) is 2.34. The van der Waals surface area contributed by atoms with E-state index in [9.17, 15) is 4.79 Å². The molecule has 1 rings (SSSR count). The summed E-state index contributed by atoms with van der Waals surface area (Å²) in [7, 11) is 0. The van der Waals surface area contributed by atoms with Crippen molar-refractivity contribution in [2.45, 2.75) is 13.0 Å². The van der Waals surface area contributed by atoms with E-state index in [1.54, 1.807) is 25.1 Å². The van der Waals surface area contributed by atoms with E-state index in [2.05, 4.69) is 27.2 Å². The zero-order valence-corrected chi connectivity index (χ0v) is 12.2. The van der Waals surface area contributed by atoms with Gasteiger partial charge in [-0.1, -0.05) is 33.5 Å². The molecule has 0 radical (unpaired) electrons. The molecule has 1 N–H and O–H groups in total. The molecule has 18 heavy (non-hydrogen) atoms. The molecule has 1 aromatic carbocycles. The minimum absolute atomic E-state index is 0.266. The van der Waals surface area contributed by atoms with Crippen molar-refractivity contribution in [3.05, 3.63) is 33.3 Å². The van der Waals surface area contributed by atoms with Crippen molar-refractivity contribution in [2.75, 3.05) is 13.2 Å². The number of terminal acetylenes is 1. The number of ether oxygens (including phenoxy) is 1. The lowest BCUT2D eigenvalue weighted by Gasteiger charge is -2.18. The van der Waals surface area contributed by atoms with Crippen molar-refractivity contribution in [1.29, 1.82) is 0 Å². The van der Waals surface area contributed by atoms with Crippen LogP contribution in [0.1, 0.15) is 18.5 Å². The Labute approximate surface area is 120 Å². The SMILES string of the molecule is C#CCNC(C(=O)OCC)c1cc(Cl)ccc1Br. The molecule has 0 amide bonds. The van der Waals surface area contributed by atoms with E-state index in [0.29, 0.717) is 17.2 Å². The monoisotopic (exact) mass is 329 g/mol. The van der Waals surface area contributed by atoms with Gasteiger partial charge in [0, 0.05) is 9.50 Å². The smallest absolute Gasteiger partial charge is 0.327 e. The summed E-state index contributed by atoms with van der Waals surface area (Å²) in [6.45, 7) is 2.33. The molecule has 0 spiro atoms. The number of rotatable bonds is 5. The molecule has 0 aliphatic rings. The third kappa shape index (κ3) is 4.02. The van der Waals surface area contributed by atoms with Crippen LogP contribution in [0.3, 0.4) is 0 Å². The van der Waals surface area contributed by atoms with E-state index >= 15 is 0 Å². The molecular weight excluding hydrogens is 318 g/mol. The summed E-state index contributed by atoms with van der Waals surface area (Å²) in [6, 6.07) is 4.59. The normalized spacial score (nSPS) is 11.7. The van der Waals surface area contributed by atoms with Gasteiger partial charge in [0.25, 0.3) is 0 Å². The van der Waals surface area contributed by atoms with Gasteiger partial charge in [-0.05, 0) is 30.7 Å². The van der Waals surface area contributed by atoms with Gasteiger partial charge in [0.05, 0.1) is 13.2 Å². The number of carbonyl (C=O) groups excluding carboxylic acids is 1. The highest BCUT2D eigenvalue weighted by Gasteiger charge is 2.23. The summed E-state index contributed by atoms with van der Waals surface area (Å²) < 4.78 is 5.79. The maximum absolute atomic E-state index is 11.9. The van der Waals surface area contributed by atoms with Crippen molar-refractivity contribution in [3.8, 4) is 12.3 Å². The minimum atomic E-state index is -0.630. The van der Waals surface area contributed by atoms with Crippen LogP contribution < -0.4 is 5.32 Å². The fourth-order valence-electron chi connectivity index (χ4n) is 1.44. The Balaban J connectivity index is 3.04. The van der Waals surface area contributed by atoms with Crippen molar-refractivity contribution in [1.82, 2.24) is 5.32 Å². The average molecular weight is 331 g/mol. The lowest BCUT2D eigenvalue weighted by atomic mass is 10.1. The number of halogens is 2. The number of nitrogens with one attached hydrogen (secondary N) is 1. The molecule has 3 nitrogen and oxygen atoms in total. The number of esters is 1. The lowest BCUT2D eigenvalue weighted by molar-refractivity contribution is -0.145. The van der Waals surface area contributed by atoms with Crippen molar-refractivity contribution >= 4 is 33.5 Å². The van der Waals surface area contributed by atoms with Crippen molar-refractivity contribution in [3.63, 3.8) is 0 Å². The second-order valence-electron chi connectivity index (χ2n) is 3.44. The Morgan fingerprint density at radius 1 is 1.67 bits per heavy atom. The summed E-state index contributed by atoms with van der Waals surface area (Å²) in [5.41, 5.74) is 0.705. The Hall–Kier alpha value is -1.02. The van der Waals surface area contributed by atoms with Crippen LogP contribution in [0.5, 0.6) is 0 Å². The predicted molar refractivity (Wildman–Crippen MR) is 75.4 cm³/mol. The zero-order chi connectivity index (χ0) is 13.5. The number of hydrogen-bond acceptors (Lipinski definition) is 3. The number of benzene rings is 1. The molecule has 0 heterocycles. The van der Waals surface area contributed by atoms with Crippen molar-refractivity contribution < 1.29 is 9.53 Å². The fraction of sp³-hybridized carbons (Fsp3) is 0.308. The summed E-state index contributed by atoms with van der Waals surface area (Å²) in [6.07, 6.45) is 5.19. The van der Waals surface area contributed by atoms with E-state index in [-0.39, 0.29) is 12.5 Å². The van der Waals surface area contributed by atoms with Crippen LogP contribution in [0.2, 0.25) is 5.02 Å². The van der Waals surface area contributed by atoms with Gasteiger partial charge in [-0.15, -0.1) is 6.42 Å². The summed E-state index contributed by atoms with van der Waals surface area (Å²) in [4.78, 5) is 11.9. The molecule has 96 valence electrons. The molecule has 0 saturated heterocycles. The maximum atomic E-state index is 11.9. The summed E-state index contributed by atoms with van der Waals surface area (Å²) in [5, 5.41) is 3.49. The molecule has 0 fully saturated rings. The Morgan fingerprint density at radius 2 is 2.39 bits per heavy atom. The molecule has 5 heteroatoms. The largest absolute Gasteiger partial charge is 0.465 e. The highest BCUT2D eigenvalue weighted by molar-refractivity contribution is 9.10. The quantitative estimate of drug-likeness (QED) is 0.666. The Morgan fingerprint density at radius 3 is 3.00 bits per heavy atom. The van der Waals surface area contributed by atoms with Gasteiger partial charge in [0.2, 0.25) is 0 Å². The predicted octanol–water partition coefficient (Wildman–Crippen LogP) is 2.93. The van der Waals surface area contributed by atoms with E-state index in [0.717, 1.165) is 4.47 Å². The van der Waals surface area contributed by atoms with Crippen LogP contribution in [-0.2, 0) is 9.53 Å². The van der Waals surface area contributed by atoms with Crippen molar-refractivity contribution in [2.24, 2.45) is 0 Å². The van der Waals surface area contributed by atoms with Gasteiger partial charge in [-0.3, -0.25) is 5.32 Å². The first-order valence-electron chi connectivity index (χ1n) is 5.38. The van der Waals surface area contributed by atoms with Gasteiger partial charge in [0.15, 0.2) is 0 Å². The number of hydrogen-bond donors (Lipinski definition) is 1. The Kier molecular flexibility index (Phi) is 6.20. The molecule has 0 bridgehead atoms. The molecule has 0 aliphatic carbocycles. The zero-order valence-electron chi connectivity index (χ0n) is 9.87. The lowest BCUT2D eigenvalue weighted by Crippen LogP contribution is -2.30. The van der Waals surface area contributed by atoms with E-state index in [1.807, 2.05) is 0 Å². The highest BCUT2D eigenvalue weighted by atomic mass is 79.9. The standard InChI is InChI=1S/C13H13BrClNO2/c1-3-7-16-12(13(17)18-4-2)10-8-9(15)5-6-11(10)14/h1,5-6,8,12,16H,4,7H2,2H3. The molecular formula is C13H13BrClNO2. The molecule has 1 aromatic rings. The van der Waals surface area contributed by atoms with Gasteiger partial charge in [-0.25, -0.2) is 4.79 Å². The van der Waals surface area contributed by atoms with Crippen LogP contribution in [0.25, 0.3) is 0 Å². The topological polar surface area (TPSA) is 38.3 Å². The van der Waals surface area contributed by atoms with Crippen LogP contribution in [-0.4, -0.2) is 19.1 Å². The molecule has 1 unspecified atom stereocenters.